The predicted molar refractivity (Wildman–Crippen MR) is 94.2 cm³/mol. The van der Waals surface area contributed by atoms with Gasteiger partial charge in [0.25, 0.3) is 0 Å². The fourth-order valence-electron chi connectivity index (χ4n) is 3.81. The largest absolute Gasteiger partial charge is 0.299 e. The van der Waals surface area contributed by atoms with E-state index in [9.17, 15) is 4.79 Å². The zero-order valence-corrected chi connectivity index (χ0v) is 14.1. The summed E-state index contributed by atoms with van der Waals surface area (Å²) in [6.45, 7) is 3.94. The van der Waals surface area contributed by atoms with Gasteiger partial charge in [-0.2, -0.15) is 0 Å². The number of hydrogen-bond donors (Lipinski definition) is 0. The number of hydrogen-bond acceptors (Lipinski definition) is 3. The second-order valence-corrected chi connectivity index (χ2v) is 7.20. The Kier molecular flexibility index (Phi) is 3.78. The molecule has 2 aromatic carbocycles. The molecule has 4 atom stereocenters. The van der Waals surface area contributed by atoms with Gasteiger partial charge in [-0.15, -0.1) is 0 Å². The van der Waals surface area contributed by atoms with E-state index >= 15 is 0 Å². The van der Waals surface area contributed by atoms with Crippen LogP contribution in [0, 0.1) is 11.8 Å². The first-order chi connectivity index (χ1) is 11.6. The summed E-state index contributed by atoms with van der Waals surface area (Å²) in [5.74, 6) is 0.392. The number of ketones is 1. The van der Waals surface area contributed by atoms with E-state index in [0.29, 0.717) is 6.42 Å². The van der Waals surface area contributed by atoms with Gasteiger partial charge < -0.3 is 0 Å². The summed E-state index contributed by atoms with van der Waals surface area (Å²) < 4.78 is 0. The molecule has 0 radical (unpaired) electrons. The lowest BCUT2D eigenvalue weighted by Crippen LogP contribution is -2.51. The van der Waals surface area contributed by atoms with Crippen molar-refractivity contribution in [3.8, 4) is 0 Å². The highest BCUT2D eigenvalue weighted by Crippen LogP contribution is 2.43. The highest BCUT2D eigenvalue weighted by Gasteiger charge is 2.48. The first kappa shape index (κ1) is 15.6. The van der Waals surface area contributed by atoms with Crippen molar-refractivity contribution in [3.05, 3.63) is 54.1 Å². The average Bonchev–Trinajstić information content (AvgIpc) is 2.60. The fraction of sp³-hybridized carbons (Fsp3) is 0.381. The van der Waals surface area contributed by atoms with Gasteiger partial charge in [0.2, 0.25) is 0 Å². The molecule has 2 fully saturated rings. The van der Waals surface area contributed by atoms with E-state index in [1.807, 2.05) is 26.0 Å². The quantitative estimate of drug-likeness (QED) is 0.761. The van der Waals surface area contributed by atoms with Crippen molar-refractivity contribution in [1.29, 1.82) is 0 Å². The number of rotatable bonds is 2. The van der Waals surface area contributed by atoms with Crippen molar-refractivity contribution in [3.63, 3.8) is 0 Å². The van der Waals surface area contributed by atoms with Gasteiger partial charge in [-0.1, -0.05) is 55.5 Å². The Balaban J connectivity index is 1.64. The molecule has 2 aromatic rings. The molecule has 3 nitrogen and oxygen atoms in total. The van der Waals surface area contributed by atoms with Crippen molar-refractivity contribution in [2.75, 3.05) is 0 Å². The first-order valence-electron chi connectivity index (χ1n) is 8.61. The van der Waals surface area contributed by atoms with Crippen molar-refractivity contribution in [2.45, 2.75) is 38.4 Å². The highest BCUT2D eigenvalue weighted by molar-refractivity contribution is 5.90. The monoisotopic (exact) mass is 322 g/mol. The molecular weight excluding hydrogens is 300 g/mol. The van der Waals surface area contributed by atoms with E-state index in [-0.39, 0.29) is 23.7 Å². The summed E-state index contributed by atoms with van der Waals surface area (Å²) in [4.78, 5) is 23.5. The smallest absolute Gasteiger partial charge is 0.138 e. The summed E-state index contributed by atoms with van der Waals surface area (Å²) in [6.07, 6.45) is 5.49. The fourth-order valence-corrected chi connectivity index (χ4v) is 3.81. The third kappa shape index (κ3) is 2.58. The van der Waals surface area contributed by atoms with Crippen LogP contribution in [0.25, 0.3) is 16.8 Å². The van der Waals surface area contributed by atoms with Gasteiger partial charge in [0.1, 0.15) is 17.5 Å². The molecule has 4 rings (SSSR count). The molecular formula is C21H22O3. The van der Waals surface area contributed by atoms with E-state index in [4.69, 9.17) is 9.78 Å². The number of benzene rings is 2. The van der Waals surface area contributed by atoms with E-state index < -0.39 is 5.60 Å². The van der Waals surface area contributed by atoms with Gasteiger partial charge in [-0.25, -0.2) is 9.78 Å². The van der Waals surface area contributed by atoms with Gasteiger partial charge >= 0.3 is 0 Å². The molecule has 3 heteroatoms. The topological polar surface area (TPSA) is 35.5 Å². The molecule has 1 aliphatic heterocycles. The summed E-state index contributed by atoms with van der Waals surface area (Å²) in [6, 6.07) is 14.6. The first-order valence-corrected chi connectivity index (χ1v) is 8.61. The van der Waals surface area contributed by atoms with Crippen LogP contribution in [0.2, 0.25) is 0 Å². The third-order valence-corrected chi connectivity index (χ3v) is 5.61. The molecule has 1 aliphatic carbocycles. The summed E-state index contributed by atoms with van der Waals surface area (Å²) in [5.41, 5.74) is 0.582. The molecule has 1 saturated heterocycles. The second-order valence-electron chi connectivity index (χ2n) is 7.20. The third-order valence-electron chi connectivity index (χ3n) is 5.61. The van der Waals surface area contributed by atoms with Crippen LogP contribution >= 0.6 is 0 Å². The van der Waals surface area contributed by atoms with Crippen LogP contribution in [0.5, 0.6) is 0 Å². The molecule has 1 saturated carbocycles. The molecule has 0 unspecified atom stereocenters. The Morgan fingerprint density at radius 1 is 1.17 bits per heavy atom. The number of fused-ring (bicyclic) bond motifs is 3. The van der Waals surface area contributed by atoms with Crippen LogP contribution in [-0.2, 0) is 14.6 Å². The Labute approximate surface area is 142 Å². The van der Waals surface area contributed by atoms with Gasteiger partial charge in [0, 0.05) is 18.3 Å². The summed E-state index contributed by atoms with van der Waals surface area (Å²) in [7, 11) is 0. The van der Waals surface area contributed by atoms with E-state index in [0.717, 1.165) is 12.0 Å². The van der Waals surface area contributed by atoms with Gasteiger partial charge in [0.05, 0.1) is 0 Å². The molecule has 0 spiro atoms. The Hall–Kier alpha value is -1.97. The minimum Gasteiger partial charge on any atom is -0.299 e. The summed E-state index contributed by atoms with van der Waals surface area (Å²) >= 11 is 0. The van der Waals surface area contributed by atoms with Crippen LogP contribution in [0.15, 0.2) is 48.5 Å². The van der Waals surface area contributed by atoms with Crippen LogP contribution in [0.1, 0.15) is 32.3 Å². The normalized spacial score (nSPS) is 33.2. The Morgan fingerprint density at radius 2 is 1.96 bits per heavy atom. The van der Waals surface area contributed by atoms with Crippen LogP contribution in [0.3, 0.4) is 0 Å². The van der Waals surface area contributed by atoms with Gasteiger partial charge in [-0.3, -0.25) is 4.79 Å². The molecule has 0 N–H and O–H groups in total. The molecule has 1 heterocycles. The van der Waals surface area contributed by atoms with E-state index in [2.05, 4.69) is 42.5 Å². The highest BCUT2D eigenvalue weighted by atomic mass is 17.2. The molecule has 2 bridgehead atoms. The Morgan fingerprint density at radius 3 is 2.83 bits per heavy atom. The van der Waals surface area contributed by atoms with E-state index in [1.165, 1.54) is 10.8 Å². The molecule has 2 aliphatic rings. The number of Topliss-reactive ketones (excluding diaryl/α,β-unsaturated/α-hetero) is 1. The lowest BCUT2D eigenvalue weighted by atomic mass is 9.71. The summed E-state index contributed by atoms with van der Waals surface area (Å²) in [5, 5.41) is 2.43. The minimum absolute atomic E-state index is 0.0622. The maximum atomic E-state index is 12.2. The minimum atomic E-state index is -0.566. The van der Waals surface area contributed by atoms with E-state index in [1.54, 1.807) is 0 Å². The lowest BCUT2D eigenvalue weighted by Gasteiger charge is -2.45. The van der Waals surface area contributed by atoms with Crippen molar-refractivity contribution in [2.24, 2.45) is 11.8 Å². The maximum Gasteiger partial charge on any atom is 0.138 e. The average molecular weight is 322 g/mol. The van der Waals surface area contributed by atoms with Crippen molar-refractivity contribution >= 4 is 22.6 Å². The van der Waals surface area contributed by atoms with Crippen molar-refractivity contribution < 1.29 is 14.6 Å². The Bertz CT molecular complexity index is 804. The number of carbonyl (C=O) groups excluding carboxylic acids is 1. The second kappa shape index (κ2) is 5.83. The maximum absolute atomic E-state index is 12.2. The zero-order chi connectivity index (χ0) is 16.7. The van der Waals surface area contributed by atoms with Crippen LogP contribution in [-0.4, -0.2) is 17.5 Å². The van der Waals surface area contributed by atoms with Crippen molar-refractivity contribution in [1.82, 2.24) is 0 Å². The predicted octanol–water partition coefficient (Wildman–Crippen LogP) is 4.56. The lowest BCUT2D eigenvalue weighted by molar-refractivity contribution is -0.415. The molecule has 24 heavy (non-hydrogen) atoms. The van der Waals surface area contributed by atoms with Crippen LogP contribution in [0.4, 0.5) is 0 Å². The molecule has 0 aromatic heterocycles. The molecule has 124 valence electrons. The standard InChI is InChI=1S/C21H22O3/c1-14-19(22)12-17-13-20(14)23-24-21(17,2)11-10-16-8-5-7-15-6-3-4-9-18(15)16/h3-11,14,17,20H,12-13H2,1-2H3/b11-10-/t14-,17+,20+,21+/m1/s1. The molecule has 0 amide bonds. The van der Waals surface area contributed by atoms with Crippen LogP contribution < -0.4 is 0 Å². The number of carbonyl (C=O) groups is 1. The SMILES string of the molecule is C[C@@H]1C(=O)C[C@H]2C[C@@H]1OO[C@@]2(C)/C=C\c1cccc2ccccc12. The zero-order valence-electron chi connectivity index (χ0n) is 14.1. The van der Waals surface area contributed by atoms with Gasteiger partial charge in [0.15, 0.2) is 0 Å². The van der Waals surface area contributed by atoms with Gasteiger partial charge in [-0.05, 0) is 35.8 Å².